The lowest BCUT2D eigenvalue weighted by atomic mass is 9.92. The molecule has 3 rings (SSSR count). The van der Waals surface area contributed by atoms with Gasteiger partial charge in [0.15, 0.2) is 17.7 Å². The van der Waals surface area contributed by atoms with Crippen LogP contribution < -0.4 is 16.0 Å². The largest absolute Gasteiger partial charge is 0.394 e. The monoisotopic (exact) mass is 589 g/mol. The minimum atomic E-state index is -1.61. The van der Waals surface area contributed by atoms with Gasteiger partial charge in [0, 0.05) is 6.08 Å². The van der Waals surface area contributed by atoms with E-state index >= 15 is 0 Å². The number of hydrogen-bond acceptors (Lipinski definition) is 11. The smallest absolute Gasteiger partial charge is 0.244 e. The number of fused-ring (bicyclic) bond motifs is 1. The maximum Gasteiger partial charge on any atom is 0.244 e. The molecule has 3 heterocycles. The van der Waals surface area contributed by atoms with Crippen molar-refractivity contribution in [2.24, 2.45) is 0 Å². The summed E-state index contributed by atoms with van der Waals surface area (Å²) in [5.74, 6) is -0.961. The van der Waals surface area contributed by atoms with Crippen molar-refractivity contribution >= 4 is 28.8 Å². The van der Waals surface area contributed by atoms with Gasteiger partial charge >= 0.3 is 0 Å². The molecule has 1 aliphatic heterocycles. The summed E-state index contributed by atoms with van der Waals surface area (Å²) in [6.07, 6.45) is 11.6. The van der Waals surface area contributed by atoms with Gasteiger partial charge in [-0.05, 0) is 12.8 Å². The van der Waals surface area contributed by atoms with Crippen molar-refractivity contribution in [2.45, 2.75) is 95.0 Å². The quantitative estimate of drug-likeness (QED) is 0.0719. The molecule has 42 heavy (non-hydrogen) atoms. The summed E-state index contributed by atoms with van der Waals surface area (Å²) in [5.41, 5.74) is 0.776. The van der Waals surface area contributed by atoms with Crippen LogP contribution in [0.2, 0.25) is 0 Å². The lowest BCUT2D eigenvalue weighted by Crippen LogP contribution is -2.68. The second-order valence-corrected chi connectivity index (χ2v) is 10.2. The van der Waals surface area contributed by atoms with E-state index in [4.69, 9.17) is 4.74 Å². The van der Waals surface area contributed by atoms with E-state index < -0.39 is 61.7 Å². The van der Waals surface area contributed by atoms with Gasteiger partial charge in [-0.2, -0.15) is 0 Å². The predicted molar refractivity (Wildman–Crippen MR) is 155 cm³/mol. The molecule has 14 heteroatoms. The molecule has 0 aliphatic carbocycles. The van der Waals surface area contributed by atoms with Gasteiger partial charge in [-0.15, -0.1) is 0 Å². The Bertz CT molecular complexity index is 1170. The number of nitrogens with one attached hydrogen (secondary N) is 4. The maximum atomic E-state index is 12.6. The lowest BCUT2D eigenvalue weighted by Gasteiger charge is -2.44. The molecule has 232 valence electrons. The number of allylic oxidation sites excluding steroid dienone is 3. The van der Waals surface area contributed by atoms with Crippen LogP contribution in [0.3, 0.4) is 0 Å². The van der Waals surface area contributed by atoms with Crippen LogP contribution in [0.15, 0.2) is 37.0 Å². The van der Waals surface area contributed by atoms with Crippen LogP contribution in [0.1, 0.15) is 58.3 Å². The zero-order chi connectivity index (χ0) is 30.3. The molecule has 1 aliphatic rings. The molecule has 0 bridgehead atoms. The molecule has 1 fully saturated rings. The molecule has 2 amide bonds. The topological polar surface area (TPSA) is 215 Å². The first kappa shape index (κ1) is 33.1. The Kier molecular flexibility index (Phi) is 13.8. The number of imidazole rings is 1. The number of amides is 2. The number of nitrogens with zero attached hydrogens (tertiary/aromatic N) is 3. The highest BCUT2D eigenvalue weighted by Crippen LogP contribution is 2.26. The van der Waals surface area contributed by atoms with Crippen molar-refractivity contribution in [1.82, 2.24) is 30.6 Å². The molecule has 14 nitrogen and oxygen atoms in total. The first-order chi connectivity index (χ1) is 20.3. The van der Waals surface area contributed by atoms with Gasteiger partial charge in [-0.1, -0.05) is 63.7 Å². The number of aromatic nitrogens is 4. The standard InChI is InChI=1S/C28H43N7O7/c1-2-3-4-5-6-7-8-9-10-11-12-13-19(38)29-14-20(39)34-21-23(40)24(41)28(42-25(21)18(37)15-36)35-27-22-26(31-16-30-22)32-17-33-27/h10-13,16-18,21,23-25,28,36-37,40-41H,2-9,14-15H2,1H3,(H,29,38)(H,34,39)(H2,30,31,32,33,35)/b11-10-,13-12-/t18-,21-,23+,24+,25-,28-/m1/s1. The average Bonchev–Trinajstić information content (AvgIpc) is 3.48. The summed E-state index contributed by atoms with van der Waals surface area (Å²) in [4.78, 5) is 39.6. The van der Waals surface area contributed by atoms with Crippen molar-refractivity contribution in [1.29, 1.82) is 0 Å². The Hall–Kier alpha value is -3.43. The average molecular weight is 590 g/mol. The van der Waals surface area contributed by atoms with Gasteiger partial charge in [0.2, 0.25) is 11.8 Å². The number of aliphatic hydroxyl groups is 4. The van der Waals surface area contributed by atoms with Gasteiger partial charge in [-0.25, -0.2) is 15.0 Å². The molecule has 0 radical (unpaired) electrons. The number of rotatable bonds is 17. The van der Waals surface area contributed by atoms with Crippen LogP contribution in [0, 0.1) is 0 Å². The predicted octanol–water partition coefficient (Wildman–Crippen LogP) is 0.419. The molecule has 1 saturated heterocycles. The molecule has 0 unspecified atom stereocenters. The van der Waals surface area contributed by atoms with Gasteiger partial charge in [0.05, 0.1) is 25.5 Å². The van der Waals surface area contributed by atoms with Crippen molar-refractivity contribution in [3.63, 3.8) is 0 Å². The van der Waals surface area contributed by atoms with E-state index in [1.54, 1.807) is 12.2 Å². The Morgan fingerprint density at radius 1 is 1.07 bits per heavy atom. The highest BCUT2D eigenvalue weighted by Gasteiger charge is 2.48. The van der Waals surface area contributed by atoms with E-state index in [0.29, 0.717) is 11.2 Å². The number of H-pyrrole nitrogens is 1. The molecule has 2 aromatic rings. The minimum Gasteiger partial charge on any atom is -0.394 e. The number of anilines is 1. The summed E-state index contributed by atoms with van der Waals surface area (Å²) >= 11 is 0. The molecule has 0 aromatic carbocycles. The van der Waals surface area contributed by atoms with Gasteiger partial charge in [-0.3, -0.25) is 9.59 Å². The summed E-state index contributed by atoms with van der Waals surface area (Å²) < 4.78 is 5.77. The minimum absolute atomic E-state index is 0.219. The Labute approximate surface area is 244 Å². The number of carbonyl (C=O) groups is 2. The molecule has 0 saturated carbocycles. The van der Waals surface area contributed by atoms with Crippen molar-refractivity contribution < 1.29 is 34.8 Å². The summed E-state index contributed by atoms with van der Waals surface area (Å²) in [6.45, 7) is 1.04. The summed E-state index contributed by atoms with van der Waals surface area (Å²) in [6, 6.07) is -1.30. The van der Waals surface area contributed by atoms with Crippen LogP contribution in [0.25, 0.3) is 11.2 Å². The van der Waals surface area contributed by atoms with Crippen LogP contribution in [-0.4, -0.2) is 102 Å². The van der Waals surface area contributed by atoms with E-state index in [2.05, 4.69) is 42.8 Å². The molecular formula is C28H43N7O7. The van der Waals surface area contributed by atoms with Crippen molar-refractivity contribution in [2.75, 3.05) is 18.5 Å². The second-order valence-electron chi connectivity index (χ2n) is 10.2. The number of hydrogen-bond donors (Lipinski definition) is 8. The fourth-order valence-corrected chi connectivity index (χ4v) is 4.65. The summed E-state index contributed by atoms with van der Waals surface area (Å²) in [5, 5.41) is 49.2. The van der Waals surface area contributed by atoms with E-state index in [1.807, 2.05) is 6.08 Å². The number of aromatic amines is 1. The van der Waals surface area contributed by atoms with Crippen LogP contribution in [-0.2, 0) is 14.3 Å². The maximum absolute atomic E-state index is 12.6. The molecule has 8 N–H and O–H groups in total. The second kappa shape index (κ2) is 17.5. The SMILES string of the molecule is CCCCCCCCC/C=C\C=C/C(=O)NCC(=O)N[C@@H]1[C@H](O)[C@H](O)[C@H](Nc2ncnc3nc[nH]c23)O[C@@H]1[C@H](O)CO. The van der Waals surface area contributed by atoms with E-state index in [9.17, 15) is 30.0 Å². The summed E-state index contributed by atoms with van der Waals surface area (Å²) in [7, 11) is 0. The Morgan fingerprint density at radius 3 is 2.60 bits per heavy atom. The molecule has 2 aromatic heterocycles. The van der Waals surface area contributed by atoms with E-state index in [0.717, 1.165) is 12.8 Å². The lowest BCUT2D eigenvalue weighted by molar-refractivity contribution is -0.204. The van der Waals surface area contributed by atoms with Crippen molar-refractivity contribution in [3.8, 4) is 0 Å². The van der Waals surface area contributed by atoms with Gasteiger partial charge in [0.1, 0.15) is 36.3 Å². The van der Waals surface area contributed by atoms with Gasteiger partial charge in [0.25, 0.3) is 0 Å². The highest BCUT2D eigenvalue weighted by atomic mass is 16.5. The Morgan fingerprint density at radius 2 is 1.83 bits per heavy atom. The van der Waals surface area contributed by atoms with Crippen LogP contribution in [0.5, 0.6) is 0 Å². The zero-order valence-electron chi connectivity index (χ0n) is 23.9. The van der Waals surface area contributed by atoms with Crippen LogP contribution >= 0.6 is 0 Å². The fourth-order valence-electron chi connectivity index (χ4n) is 4.65. The van der Waals surface area contributed by atoms with Crippen molar-refractivity contribution in [3.05, 3.63) is 37.0 Å². The first-order valence-electron chi connectivity index (χ1n) is 14.5. The highest BCUT2D eigenvalue weighted by molar-refractivity contribution is 5.91. The third-order valence-corrected chi connectivity index (χ3v) is 6.97. The number of aliphatic hydroxyl groups excluding tert-OH is 4. The van der Waals surface area contributed by atoms with Crippen LogP contribution in [0.4, 0.5) is 5.82 Å². The number of ether oxygens (including phenoxy) is 1. The molecule has 6 atom stereocenters. The molecular weight excluding hydrogens is 546 g/mol. The number of unbranched alkanes of at least 4 members (excludes halogenated alkanes) is 7. The number of carbonyl (C=O) groups excluding carboxylic acids is 2. The normalized spacial score (nSPS) is 23.4. The fraction of sp³-hybridized carbons (Fsp3) is 0.607. The zero-order valence-corrected chi connectivity index (χ0v) is 23.9. The van der Waals surface area contributed by atoms with E-state index in [-0.39, 0.29) is 5.82 Å². The third kappa shape index (κ3) is 9.84. The molecule has 0 spiro atoms. The van der Waals surface area contributed by atoms with E-state index in [1.165, 1.54) is 57.3 Å². The Balaban J connectivity index is 1.46. The van der Waals surface area contributed by atoms with Gasteiger partial charge < -0.3 is 46.1 Å². The third-order valence-electron chi connectivity index (χ3n) is 6.97. The first-order valence-corrected chi connectivity index (χ1v) is 14.5.